The predicted molar refractivity (Wildman–Crippen MR) is 119 cm³/mol. The van der Waals surface area contributed by atoms with Crippen LogP contribution in [-0.4, -0.2) is 40.4 Å². The summed E-state index contributed by atoms with van der Waals surface area (Å²) in [7, 11) is 0. The van der Waals surface area contributed by atoms with Gasteiger partial charge in [-0.15, -0.1) is 0 Å². The largest absolute Gasteiger partial charge is 0.463 e. The van der Waals surface area contributed by atoms with Gasteiger partial charge in [-0.25, -0.2) is 19.6 Å². The van der Waals surface area contributed by atoms with Crippen LogP contribution in [0.3, 0.4) is 0 Å². The van der Waals surface area contributed by atoms with Crippen molar-refractivity contribution in [1.82, 2.24) is 9.97 Å². The molecule has 0 radical (unpaired) electrons. The van der Waals surface area contributed by atoms with Crippen LogP contribution in [0, 0.1) is 6.92 Å². The van der Waals surface area contributed by atoms with Crippen LogP contribution < -0.4 is 5.32 Å². The topological polar surface area (TPSA) is 90.4 Å². The van der Waals surface area contributed by atoms with E-state index >= 15 is 0 Å². The summed E-state index contributed by atoms with van der Waals surface area (Å²) < 4.78 is 10.3. The zero-order chi connectivity index (χ0) is 22.3. The maximum Gasteiger partial charge on any atom is 0.338 e. The van der Waals surface area contributed by atoms with Gasteiger partial charge in [0, 0.05) is 17.3 Å². The van der Waals surface area contributed by atoms with Crippen LogP contribution in [0.2, 0.25) is 0 Å². The van der Waals surface area contributed by atoms with E-state index < -0.39 is 11.6 Å². The van der Waals surface area contributed by atoms with Gasteiger partial charge < -0.3 is 14.8 Å². The highest BCUT2D eigenvalue weighted by atomic mass is 32.2. The van der Waals surface area contributed by atoms with Crippen molar-refractivity contribution < 1.29 is 19.1 Å². The van der Waals surface area contributed by atoms with Crippen molar-refractivity contribution >= 4 is 41.3 Å². The third-order valence-corrected chi connectivity index (χ3v) is 4.30. The number of esters is 2. The van der Waals surface area contributed by atoms with Crippen molar-refractivity contribution in [2.75, 3.05) is 18.2 Å². The fourth-order valence-corrected chi connectivity index (χ4v) is 2.86. The van der Waals surface area contributed by atoms with Crippen LogP contribution in [0.15, 0.2) is 35.5 Å². The molecule has 1 aromatic carbocycles. The Labute approximate surface area is 181 Å². The Kier molecular flexibility index (Phi) is 8.00. The lowest BCUT2D eigenvalue weighted by Gasteiger charge is -2.19. The van der Waals surface area contributed by atoms with E-state index in [9.17, 15) is 9.59 Å². The Morgan fingerprint density at radius 3 is 2.40 bits per heavy atom. The molecule has 0 unspecified atom stereocenters. The fourth-order valence-electron chi connectivity index (χ4n) is 2.45. The van der Waals surface area contributed by atoms with Crippen LogP contribution in [-0.2, 0) is 14.3 Å². The first-order valence-corrected chi connectivity index (χ1v) is 10.7. The van der Waals surface area contributed by atoms with Crippen LogP contribution >= 0.6 is 11.8 Å². The molecule has 160 valence electrons. The predicted octanol–water partition coefficient (Wildman–Crippen LogP) is 4.78. The number of carbonyl (C=O) groups is 2. The molecule has 2 aromatic rings. The van der Waals surface area contributed by atoms with E-state index in [0.717, 1.165) is 11.4 Å². The minimum absolute atomic E-state index is 0.305. The number of anilines is 2. The standard InChI is InChI=1S/C22H27N3O4S/c1-7-28-18(26)13-12-17-14(2)23-21(30-6)25-19(17)24-16-10-8-15(9-11-16)20(27)29-22(3,4)5/h8-13H,7H2,1-6H3,(H,23,24,25)/b13-12+. The molecule has 0 bridgehead atoms. The van der Waals surface area contributed by atoms with Gasteiger partial charge in [-0.2, -0.15) is 0 Å². The minimum atomic E-state index is -0.555. The highest BCUT2D eigenvalue weighted by Crippen LogP contribution is 2.25. The molecule has 1 heterocycles. The molecule has 1 N–H and O–H groups in total. The van der Waals surface area contributed by atoms with Crippen molar-refractivity contribution in [1.29, 1.82) is 0 Å². The van der Waals surface area contributed by atoms with E-state index in [1.165, 1.54) is 17.8 Å². The number of aromatic nitrogens is 2. The maximum atomic E-state index is 12.2. The lowest BCUT2D eigenvalue weighted by Crippen LogP contribution is -2.23. The third-order valence-electron chi connectivity index (χ3n) is 3.75. The second-order valence-corrected chi connectivity index (χ2v) is 8.12. The van der Waals surface area contributed by atoms with Crippen molar-refractivity contribution in [2.45, 2.75) is 45.4 Å². The SMILES string of the molecule is CCOC(=O)/C=C/c1c(C)nc(SC)nc1Nc1ccc(C(=O)OC(C)(C)C)cc1. The quantitative estimate of drug-likeness (QED) is 0.291. The highest BCUT2D eigenvalue weighted by Gasteiger charge is 2.18. The Hall–Kier alpha value is -2.87. The number of nitrogens with zero attached hydrogens (tertiary/aromatic N) is 2. The van der Waals surface area contributed by atoms with E-state index in [0.29, 0.717) is 28.7 Å². The van der Waals surface area contributed by atoms with Crippen molar-refractivity contribution in [2.24, 2.45) is 0 Å². The zero-order valence-corrected chi connectivity index (χ0v) is 18.9. The summed E-state index contributed by atoms with van der Waals surface area (Å²) in [5, 5.41) is 3.84. The molecule has 0 fully saturated rings. The molecule has 8 heteroatoms. The van der Waals surface area contributed by atoms with Gasteiger partial charge in [0.2, 0.25) is 0 Å². The van der Waals surface area contributed by atoms with Gasteiger partial charge in [-0.3, -0.25) is 0 Å². The van der Waals surface area contributed by atoms with Gasteiger partial charge in [-0.1, -0.05) is 11.8 Å². The van der Waals surface area contributed by atoms with Crippen LogP contribution in [0.25, 0.3) is 6.08 Å². The molecule has 0 aliphatic heterocycles. The zero-order valence-electron chi connectivity index (χ0n) is 18.1. The average molecular weight is 430 g/mol. The van der Waals surface area contributed by atoms with Gasteiger partial charge in [0.25, 0.3) is 0 Å². The summed E-state index contributed by atoms with van der Waals surface area (Å²) >= 11 is 1.42. The van der Waals surface area contributed by atoms with E-state index in [1.807, 2.05) is 34.0 Å². The number of thioether (sulfide) groups is 1. The van der Waals surface area contributed by atoms with Crippen molar-refractivity contribution in [3.8, 4) is 0 Å². The summed E-state index contributed by atoms with van der Waals surface area (Å²) in [6.07, 6.45) is 4.88. The molecule has 7 nitrogen and oxygen atoms in total. The first-order chi connectivity index (χ1) is 14.1. The smallest absolute Gasteiger partial charge is 0.338 e. The van der Waals surface area contributed by atoms with Gasteiger partial charge in [0.05, 0.1) is 17.9 Å². The molecule has 0 aliphatic rings. The second kappa shape index (κ2) is 10.2. The van der Waals surface area contributed by atoms with E-state index in [2.05, 4.69) is 15.3 Å². The summed E-state index contributed by atoms with van der Waals surface area (Å²) in [5.74, 6) is -0.259. The Morgan fingerprint density at radius 1 is 1.17 bits per heavy atom. The van der Waals surface area contributed by atoms with E-state index in [4.69, 9.17) is 9.47 Å². The molecule has 0 spiro atoms. The number of hydrogen-bond donors (Lipinski definition) is 1. The summed E-state index contributed by atoms with van der Waals surface area (Å²) in [6.45, 7) is 9.39. The number of hydrogen-bond acceptors (Lipinski definition) is 8. The molecule has 2 rings (SSSR count). The van der Waals surface area contributed by atoms with Gasteiger partial charge >= 0.3 is 11.9 Å². The molecule has 1 aromatic heterocycles. The summed E-state index contributed by atoms with van der Waals surface area (Å²) in [6, 6.07) is 6.92. The third kappa shape index (κ3) is 6.88. The normalized spacial score (nSPS) is 11.4. The molecule has 0 aliphatic carbocycles. The average Bonchev–Trinajstić information content (AvgIpc) is 2.66. The number of ether oxygens (including phenoxy) is 2. The van der Waals surface area contributed by atoms with Crippen LogP contribution in [0.4, 0.5) is 11.5 Å². The number of rotatable bonds is 7. The van der Waals surface area contributed by atoms with Crippen LogP contribution in [0.1, 0.15) is 49.3 Å². The molecule has 0 atom stereocenters. The Bertz CT molecular complexity index is 935. The van der Waals surface area contributed by atoms with E-state index in [-0.39, 0.29) is 5.97 Å². The molecular weight excluding hydrogens is 402 g/mol. The maximum absolute atomic E-state index is 12.2. The number of nitrogens with one attached hydrogen (secondary N) is 1. The summed E-state index contributed by atoms with van der Waals surface area (Å²) in [4.78, 5) is 32.9. The lowest BCUT2D eigenvalue weighted by atomic mass is 10.1. The van der Waals surface area contributed by atoms with Crippen LogP contribution in [0.5, 0.6) is 0 Å². The number of benzene rings is 1. The fraction of sp³-hybridized carbons (Fsp3) is 0.364. The van der Waals surface area contributed by atoms with Gasteiger partial charge in [-0.05, 0) is 71.2 Å². The molecule has 0 saturated heterocycles. The molecular formula is C22H27N3O4S. The van der Waals surface area contributed by atoms with Crippen molar-refractivity contribution in [3.63, 3.8) is 0 Å². The first kappa shape index (κ1) is 23.4. The first-order valence-electron chi connectivity index (χ1n) is 9.51. The number of aryl methyl sites for hydroxylation is 1. The summed E-state index contributed by atoms with van der Waals surface area (Å²) in [5.41, 5.74) is 2.04. The minimum Gasteiger partial charge on any atom is -0.463 e. The Balaban J connectivity index is 2.29. The molecule has 0 saturated carbocycles. The van der Waals surface area contributed by atoms with Crippen molar-refractivity contribution in [3.05, 3.63) is 47.2 Å². The second-order valence-electron chi connectivity index (χ2n) is 7.35. The molecule has 30 heavy (non-hydrogen) atoms. The number of carbonyl (C=O) groups excluding carboxylic acids is 2. The Morgan fingerprint density at radius 2 is 1.83 bits per heavy atom. The monoisotopic (exact) mass is 429 g/mol. The highest BCUT2D eigenvalue weighted by molar-refractivity contribution is 7.98. The molecule has 0 amide bonds. The lowest BCUT2D eigenvalue weighted by molar-refractivity contribution is -0.137. The van der Waals surface area contributed by atoms with Gasteiger partial charge in [0.1, 0.15) is 11.4 Å². The van der Waals surface area contributed by atoms with Gasteiger partial charge in [0.15, 0.2) is 5.16 Å². The van der Waals surface area contributed by atoms with E-state index in [1.54, 1.807) is 37.3 Å².